The lowest BCUT2D eigenvalue weighted by molar-refractivity contribution is -0.119. The van der Waals surface area contributed by atoms with Crippen molar-refractivity contribution < 1.29 is 4.79 Å². The molecule has 7 nitrogen and oxygen atoms in total. The highest BCUT2D eigenvalue weighted by atomic mass is 32.2. The highest BCUT2D eigenvalue weighted by molar-refractivity contribution is 7.99. The van der Waals surface area contributed by atoms with Crippen molar-refractivity contribution in [3.63, 3.8) is 0 Å². The molecule has 1 atom stereocenters. The summed E-state index contributed by atoms with van der Waals surface area (Å²) in [4.78, 5) is 38.6. The summed E-state index contributed by atoms with van der Waals surface area (Å²) in [6, 6.07) is 3.77. The Hall–Kier alpha value is -2.52. The largest absolute Gasteiger partial charge is 0.302 e. The molecule has 0 saturated carbocycles. The van der Waals surface area contributed by atoms with Crippen LogP contribution in [0.25, 0.3) is 11.3 Å². The first-order valence-corrected chi connectivity index (χ1v) is 10.8. The number of nitrogens with one attached hydrogen (secondary N) is 1. The zero-order valence-corrected chi connectivity index (χ0v) is 17.1. The first-order valence-electron chi connectivity index (χ1n) is 8.96. The van der Waals surface area contributed by atoms with Crippen molar-refractivity contribution >= 4 is 34.1 Å². The summed E-state index contributed by atoms with van der Waals surface area (Å²) < 4.78 is 1.63. The lowest BCUT2D eigenvalue weighted by Gasteiger charge is -2.24. The van der Waals surface area contributed by atoms with Gasteiger partial charge in [0.15, 0.2) is 10.3 Å². The third kappa shape index (κ3) is 3.59. The quantitative estimate of drug-likeness (QED) is 0.662. The molecule has 0 aliphatic carbocycles. The van der Waals surface area contributed by atoms with Gasteiger partial charge in [0.2, 0.25) is 5.91 Å². The fourth-order valence-electron chi connectivity index (χ4n) is 3.15. The van der Waals surface area contributed by atoms with Crippen LogP contribution in [0, 0.1) is 12.8 Å². The molecular weight excluding hydrogens is 394 g/mol. The fourth-order valence-corrected chi connectivity index (χ4v) is 4.99. The second-order valence-electron chi connectivity index (χ2n) is 6.50. The van der Waals surface area contributed by atoms with E-state index < -0.39 is 0 Å². The Kier molecular flexibility index (Phi) is 5.27. The predicted octanol–water partition coefficient (Wildman–Crippen LogP) is 2.99. The van der Waals surface area contributed by atoms with Crippen LogP contribution in [0.1, 0.15) is 18.2 Å². The van der Waals surface area contributed by atoms with Crippen LogP contribution in [0.2, 0.25) is 0 Å². The van der Waals surface area contributed by atoms with Crippen LogP contribution in [0.3, 0.4) is 0 Å². The zero-order chi connectivity index (χ0) is 19.7. The maximum absolute atomic E-state index is 12.7. The SMILES string of the molecule is CCc1c(C)nc2n(c1=O)CC(C(=O)Nc1nc(-c3cccnc3)cs1)CS2. The standard InChI is InChI=1S/C19H19N5O2S2/c1-3-14-11(2)21-19-24(17(14)26)8-13(9-28-19)16(25)23-18-22-15(10-27-18)12-5-4-6-20-7-12/h4-7,10,13H,3,8-9H2,1-2H3,(H,22,23,25). The number of amides is 1. The van der Waals surface area contributed by atoms with Crippen molar-refractivity contribution in [3.8, 4) is 11.3 Å². The average Bonchev–Trinajstić information content (AvgIpc) is 3.17. The van der Waals surface area contributed by atoms with E-state index >= 15 is 0 Å². The molecule has 1 aliphatic heterocycles. The second-order valence-corrected chi connectivity index (χ2v) is 8.35. The van der Waals surface area contributed by atoms with E-state index in [1.165, 1.54) is 23.1 Å². The molecule has 0 spiro atoms. The van der Waals surface area contributed by atoms with Crippen molar-refractivity contribution in [2.75, 3.05) is 11.1 Å². The maximum atomic E-state index is 12.7. The molecule has 0 bridgehead atoms. The van der Waals surface area contributed by atoms with Gasteiger partial charge < -0.3 is 5.32 Å². The second kappa shape index (κ2) is 7.84. The van der Waals surface area contributed by atoms with E-state index in [0.717, 1.165) is 17.0 Å². The molecule has 1 amide bonds. The summed E-state index contributed by atoms with van der Waals surface area (Å²) in [6.45, 7) is 4.15. The molecule has 3 aromatic rings. The lowest BCUT2D eigenvalue weighted by atomic mass is 10.1. The number of thioether (sulfide) groups is 1. The van der Waals surface area contributed by atoms with Gasteiger partial charge in [0.1, 0.15) is 0 Å². The first-order chi connectivity index (χ1) is 13.6. The van der Waals surface area contributed by atoms with Gasteiger partial charge in [0, 0.05) is 46.9 Å². The number of thiazole rings is 1. The topological polar surface area (TPSA) is 89.8 Å². The lowest BCUT2D eigenvalue weighted by Crippen LogP contribution is -2.38. The zero-order valence-electron chi connectivity index (χ0n) is 15.5. The Morgan fingerprint density at radius 1 is 1.39 bits per heavy atom. The number of aromatic nitrogens is 4. The van der Waals surface area contributed by atoms with Crippen LogP contribution < -0.4 is 10.9 Å². The molecule has 1 unspecified atom stereocenters. The number of nitrogens with zero attached hydrogens (tertiary/aromatic N) is 4. The van der Waals surface area contributed by atoms with Crippen LogP contribution in [-0.4, -0.2) is 31.2 Å². The van der Waals surface area contributed by atoms with E-state index in [1.807, 2.05) is 31.4 Å². The van der Waals surface area contributed by atoms with E-state index in [1.54, 1.807) is 17.0 Å². The average molecular weight is 414 g/mol. The van der Waals surface area contributed by atoms with Gasteiger partial charge in [0.25, 0.3) is 5.56 Å². The van der Waals surface area contributed by atoms with Gasteiger partial charge >= 0.3 is 0 Å². The highest BCUT2D eigenvalue weighted by Crippen LogP contribution is 2.28. The first kappa shape index (κ1) is 18.8. The number of hydrogen-bond acceptors (Lipinski definition) is 7. The van der Waals surface area contributed by atoms with Gasteiger partial charge in [-0.15, -0.1) is 11.3 Å². The smallest absolute Gasteiger partial charge is 0.257 e. The molecule has 9 heteroatoms. The van der Waals surface area contributed by atoms with Gasteiger partial charge in [-0.1, -0.05) is 18.7 Å². The summed E-state index contributed by atoms with van der Waals surface area (Å²) in [5, 5.41) is 6.02. The van der Waals surface area contributed by atoms with Crippen molar-refractivity contribution in [1.29, 1.82) is 0 Å². The maximum Gasteiger partial charge on any atom is 0.257 e. The number of aryl methyl sites for hydroxylation is 1. The van der Waals surface area contributed by atoms with Gasteiger partial charge in [-0.25, -0.2) is 9.97 Å². The molecule has 0 radical (unpaired) electrons. The molecule has 144 valence electrons. The van der Waals surface area contributed by atoms with E-state index in [-0.39, 0.29) is 17.4 Å². The molecule has 1 N–H and O–H groups in total. The minimum Gasteiger partial charge on any atom is -0.302 e. The normalized spacial score (nSPS) is 15.9. The van der Waals surface area contributed by atoms with Gasteiger partial charge in [-0.3, -0.25) is 19.1 Å². The Morgan fingerprint density at radius 3 is 3.00 bits per heavy atom. The number of fused-ring (bicyclic) bond motifs is 1. The Bertz CT molecular complexity index is 1080. The Morgan fingerprint density at radius 2 is 2.25 bits per heavy atom. The van der Waals surface area contributed by atoms with Crippen LogP contribution in [0.4, 0.5) is 5.13 Å². The van der Waals surface area contributed by atoms with E-state index in [4.69, 9.17) is 0 Å². The number of carbonyl (C=O) groups excluding carboxylic acids is 1. The predicted molar refractivity (Wildman–Crippen MR) is 111 cm³/mol. The minimum absolute atomic E-state index is 0.0388. The molecule has 1 aliphatic rings. The monoisotopic (exact) mass is 413 g/mol. The van der Waals surface area contributed by atoms with E-state index in [9.17, 15) is 9.59 Å². The van der Waals surface area contributed by atoms with Gasteiger partial charge in [0.05, 0.1) is 11.6 Å². The van der Waals surface area contributed by atoms with E-state index in [2.05, 4.69) is 20.3 Å². The number of hydrogen-bond donors (Lipinski definition) is 1. The van der Waals surface area contributed by atoms with Crippen LogP contribution in [0.15, 0.2) is 39.9 Å². The molecule has 3 aromatic heterocycles. The van der Waals surface area contributed by atoms with Gasteiger partial charge in [-0.2, -0.15) is 0 Å². The number of rotatable bonds is 4. The molecule has 28 heavy (non-hydrogen) atoms. The Labute approximate surface area is 170 Å². The van der Waals surface area contributed by atoms with Crippen LogP contribution >= 0.6 is 23.1 Å². The number of anilines is 1. The van der Waals surface area contributed by atoms with Crippen molar-refractivity contribution in [2.45, 2.75) is 32.0 Å². The molecule has 4 rings (SSSR count). The van der Waals surface area contributed by atoms with E-state index in [0.29, 0.717) is 34.6 Å². The van der Waals surface area contributed by atoms with Crippen LogP contribution in [0.5, 0.6) is 0 Å². The molecule has 0 fully saturated rings. The molecule has 0 saturated heterocycles. The molecule has 4 heterocycles. The third-order valence-corrected chi connectivity index (χ3v) is 6.56. The van der Waals surface area contributed by atoms with Crippen molar-refractivity contribution in [3.05, 3.63) is 51.5 Å². The molecular formula is C19H19N5O2S2. The molecule has 0 aromatic carbocycles. The summed E-state index contributed by atoms with van der Waals surface area (Å²) in [6.07, 6.45) is 4.08. The summed E-state index contributed by atoms with van der Waals surface area (Å²) in [5.74, 6) is 0.148. The summed E-state index contributed by atoms with van der Waals surface area (Å²) in [5.41, 5.74) is 3.14. The number of pyridine rings is 1. The third-order valence-electron chi connectivity index (χ3n) is 4.67. The summed E-state index contributed by atoms with van der Waals surface area (Å²) >= 11 is 2.83. The Balaban J connectivity index is 1.50. The van der Waals surface area contributed by atoms with Gasteiger partial charge in [-0.05, 0) is 25.5 Å². The van der Waals surface area contributed by atoms with Crippen molar-refractivity contribution in [2.24, 2.45) is 5.92 Å². The number of carbonyl (C=O) groups is 1. The summed E-state index contributed by atoms with van der Waals surface area (Å²) in [7, 11) is 0. The van der Waals surface area contributed by atoms with Crippen LogP contribution in [-0.2, 0) is 17.8 Å². The fraction of sp³-hybridized carbons (Fsp3) is 0.316. The minimum atomic E-state index is -0.310. The van der Waals surface area contributed by atoms with Crippen molar-refractivity contribution in [1.82, 2.24) is 19.5 Å². The highest BCUT2D eigenvalue weighted by Gasteiger charge is 2.28.